The number of methoxy groups -OCH3 is 2. The highest BCUT2D eigenvalue weighted by Gasteiger charge is 2.14. The molecule has 0 aliphatic carbocycles. The number of benzene rings is 1. The minimum Gasteiger partial charge on any atom is -0.493 e. The van der Waals surface area contributed by atoms with Gasteiger partial charge in [-0.05, 0) is 23.8 Å². The maximum atomic E-state index is 10.6. The Kier molecular flexibility index (Phi) is 5.37. The van der Waals surface area contributed by atoms with Crippen LogP contribution < -0.4 is 14.2 Å². The number of hydrogen-bond donors (Lipinski definition) is 1. The average molecular weight is 321 g/mol. The number of nitrogens with zero attached hydrogens (tertiary/aromatic N) is 1. The van der Waals surface area contributed by atoms with Crippen LogP contribution in [0.25, 0.3) is 6.08 Å². The summed E-state index contributed by atoms with van der Waals surface area (Å²) in [5.74, 6) is 0.339. The number of aliphatic carboxylic acids is 1. The molecular weight excluding hydrogens is 306 g/mol. The van der Waals surface area contributed by atoms with E-state index in [-0.39, 0.29) is 0 Å². The highest BCUT2D eigenvalue weighted by molar-refractivity contribution is 7.07. The lowest BCUT2D eigenvalue weighted by atomic mass is 10.1. The molecule has 0 unspecified atom stereocenters. The molecule has 2 aromatic rings. The van der Waals surface area contributed by atoms with Gasteiger partial charge >= 0.3 is 5.97 Å². The van der Waals surface area contributed by atoms with Crippen LogP contribution in [0, 0.1) is 0 Å². The van der Waals surface area contributed by atoms with Crippen LogP contribution in [0.15, 0.2) is 29.1 Å². The standard InChI is InChI=1S/C15H15NO5S/c1-19-12-5-10(3-4-14(17)18)6-13(20-2)15(12)21-7-11-8-22-9-16-11/h3-6,8-9H,7H2,1-2H3,(H,17,18)/b4-3+. The van der Waals surface area contributed by atoms with Crippen molar-refractivity contribution in [3.05, 3.63) is 40.4 Å². The van der Waals surface area contributed by atoms with Crippen molar-refractivity contribution in [1.82, 2.24) is 4.98 Å². The van der Waals surface area contributed by atoms with Crippen LogP contribution in [-0.2, 0) is 11.4 Å². The Bertz CT molecular complexity index is 642. The summed E-state index contributed by atoms with van der Waals surface area (Å²) in [4.78, 5) is 14.7. The molecule has 22 heavy (non-hydrogen) atoms. The van der Waals surface area contributed by atoms with Crippen molar-refractivity contribution in [3.63, 3.8) is 0 Å². The van der Waals surface area contributed by atoms with E-state index in [2.05, 4.69) is 4.98 Å². The Morgan fingerprint density at radius 3 is 2.50 bits per heavy atom. The zero-order valence-electron chi connectivity index (χ0n) is 12.1. The fraction of sp³-hybridized carbons (Fsp3) is 0.200. The van der Waals surface area contributed by atoms with Crippen LogP contribution in [-0.4, -0.2) is 30.3 Å². The van der Waals surface area contributed by atoms with Gasteiger partial charge in [-0.2, -0.15) is 0 Å². The van der Waals surface area contributed by atoms with Gasteiger partial charge in [0.25, 0.3) is 0 Å². The molecule has 1 N–H and O–H groups in total. The summed E-state index contributed by atoms with van der Waals surface area (Å²) in [7, 11) is 3.02. The lowest BCUT2D eigenvalue weighted by Crippen LogP contribution is -2.01. The summed E-state index contributed by atoms with van der Waals surface area (Å²) >= 11 is 1.49. The van der Waals surface area contributed by atoms with Crippen LogP contribution in [0.5, 0.6) is 17.2 Å². The highest BCUT2D eigenvalue weighted by Crippen LogP contribution is 2.39. The summed E-state index contributed by atoms with van der Waals surface area (Å²) in [6.45, 7) is 0.292. The number of hydrogen-bond acceptors (Lipinski definition) is 6. The van der Waals surface area contributed by atoms with Gasteiger partial charge in [-0.15, -0.1) is 11.3 Å². The summed E-state index contributed by atoms with van der Waals surface area (Å²) in [6.07, 6.45) is 2.50. The number of rotatable bonds is 7. The van der Waals surface area contributed by atoms with Gasteiger partial charge in [-0.3, -0.25) is 0 Å². The number of thiazole rings is 1. The lowest BCUT2D eigenvalue weighted by Gasteiger charge is -2.14. The van der Waals surface area contributed by atoms with Crippen molar-refractivity contribution in [3.8, 4) is 17.2 Å². The molecular formula is C15H15NO5S. The van der Waals surface area contributed by atoms with E-state index in [1.165, 1.54) is 31.6 Å². The Labute approximate surface area is 131 Å². The molecule has 1 heterocycles. The van der Waals surface area contributed by atoms with Crippen molar-refractivity contribution in [2.45, 2.75) is 6.61 Å². The van der Waals surface area contributed by atoms with Crippen molar-refractivity contribution < 1.29 is 24.1 Å². The first-order chi connectivity index (χ1) is 10.6. The van der Waals surface area contributed by atoms with Gasteiger partial charge in [0.05, 0.1) is 25.4 Å². The van der Waals surface area contributed by atoms with E-state index in [1.54, 1.807) is 17.6 Å². The quantitative estimate of drug-likeness (QED) is 0.790. The zero-order valence-corrected chi connectivity index (χ0v) is 12.9. The van der Waals surface area contributed by atoms with Gasteiger partial charge in [0.15, 0.2) is 11.5 Å². The van der Waals surface area contributed by atoms with Crippen LogP contribution >= 0.6 is 11.3 Å². The molecule has 116 valence electrons. The zero-order chi connectivity index (χ0) is 15.9. The highest BCUT2D eigenvalue weighted by atomic mass is 32.1. The third kappa shape index (κ3) is 3.98. The van der Waals surface area contributed by atoms with E-state index in [0.717, 1.165) is 11.8 Å². The summed E-state index contributed by atoms with van der Waals surface area (Å²) in [6, 6.07) is 3.36. The molecule has 0 amide bonds. The van der Waals surface area contributed by atoms with Crippen molar-refractivity contribution in [2.24, 2.45) is 0 Å². The molecule has 6 nitrogen and oxygen atoms in total. The SMILES string of the molecule is COc1cc(/C=C/C(=O)O)cc(OC)c1OCc1cscn1. The third-order valence-corrected chi connectivity index (χ3v) is 3.38. The number of carbonyl (C=O) groups is 1. The van der Waals surface area contributed by atoms with E-state index < -0.39 is 5.97 Å². The molecule has 2 rings (SSSR count). The maximum Gasteiger partial charge on any atom is 0.328 e. The number of carboxylic acids is 1. The monoisotopic (exact) mass is 321 g/mol. The normalized spacial score (nSPS) is 10.6. The summed E-state index contributed by atoms with van der Waals surface area (Å²) in [5, 5.41) is 10.6. The van der Waals surface area contributed by atoms with Crippen LogP contribution in [0.1, 0.15) is 11.3 Å². The second kappa shape index (κ2) is 7.46. The van der Waals surface area contributed by atoms with Crippen LogP contribution in [0.4, 0.5) is 0 Å². The van der Waals surface area contributed by atoms with Crippen LogP contribution in [0.3, 0.4) is 0 Å². The van der Waals surface area contributed by atoms with Gasteiger partial charge < -0.3 is 19.3 Å². The van der Waals surface area contributed by atoms with Crippen molar-refractivity contribution in [2.75, 3.05) is 14.2 Å². The van der Waals surface area contributed by atoms with Gasteiger partial charge in [-0.25, -0.2) is 9.78 Å². The molecule has 0 aliphatic rings. The predicted octanol–water partition coefficient (Wildman–Crippen LogP) is 2.84. The van der Waals surface area contributed by atoms with E-state index in [0.29, 0.717) is 29.4 Å². The molecule has 0 saturated carbocycles. The number of aromatic nitrogens is 1. The minimum atomic E-state index is -1.03. The van der Waals surface area contributed by atoms with E-state index in [1.807, 2.05) is 5.38 Å². The first-order valence-electron chi connectivity index (χ1n) is 6.31. The van der Waals surface area contributed by atoms with Gasteiger partial charge in [0.2, 0.25) is 5.75 Å². The molecule has 7 heteroatoms. The Morgan fingerprint density at radius 2 is 2.00 bits per heavy atom. The van der Waals surface area contributed by atoms with E-state index in [4.69, 9.17) is 19.3 Å². The molecule has 0 bridgehead atoms. The molecule has 0 saturated heterocycles. The Hall–Kier alpha value is -2.54. The van der Waals surface area contributed by atoms with E-state index >= 15 is 0 Å². The summed E-state index contributed by atoms with van der Waals surface area (Å²) < 4.78 is 16.3. The van der Waals surface area contributed by atoms with E-state index in [9.17, 15) is 4.79 Å². The molecule has 1 aromatic carbocycles. The number of carboxylic acid groups (broad SMARTS) is 1. The smallest absolute Gasteiger partial charge is 0.328 e. The largest absolute Gasteiger partial charge is 0.493 e. The Balaban J connectivity index is 2.29. The molecule has 0 spiro atoms. The van der Waals surface area contributed by atoms with Crippen LogP contribution in [0.2, 0.25) is 0 Å². The molecule has 0 atom stereocenters. The van der Waals surface area contributed by atoms with Crippen molar-refractivity contribution >= 4 is 23.4 Å². The molecule has 1 aromatic heterocycles. The van der Waals surface area contributed by atoms with Gasteiger partial charge in [0.1, 0.15) is 6.61 Å². The fourth-order valence-electron chi connectivity index (χ4n) is 1.76. The molecule has 0 fully saturated rings. The molecule has 0 radical (unpaired) electrons. The van der Waals surface area contributed by atoms with Gasteiger partial charge in [0, 0.05) is 11.5 Å². The summed E-state index contributed by atoms with van der Waals surface area (Å²) in [5.41, 5.74) is 3.17. The fourth-order valence-corrected chi connectivity index (χ4v) is 2.30. The number of ether oxygens (including phenoxy) is 3. The first-order valence-corrected chi connectivity index (χ1v) is 7.25. The second-order valence-corrected chi connectivity index (χ2v) is 4.91. The first kappa shape index (κ1) is 15.8. The maximum absolute atomic E-state index is 10.6. The third-order valence-electron chi connectivity index (χ3n) is 2.75. The molecule has 0 aliphatic heterocycles. The second-order valence-electron chi connectivity index (χ2n) is 4.19. The minimum absolute atomic E-state index is 0.292. The van der Waals surface area contributed by atoms with Gasteiger partial charge in [-0.1, -0.05) is 0 Å². The lowest BCUT2D eigenvalue weighted by molar-refractivity contribution is -0.131. The average Bonchev–Trinajstić information content (AvgIpc) is 3.03. The van der Waals surface area contributed by atoms with Crippen molar-refractivity contribution in [1.29, 1.82) is 0 Å². The Morgan fingerprint density at radius 1 is 1.32 bits per heavy atom. The predicted molar refractivity (Wildman–Crippen MR) is 82.7 cm³/mol. The topological polar surface area (TPSA) is 77.9 Å².